The van der Waals surface area contributed by atoms with Gasteiger partial charge in [0.25, 0.3) is 0 Å². The summed E-state index contributed by atoms with van der Waals surface area (Å²) in [6, 6.07) is 6.15. The second-order valence-corrected chi connectivity index (χ2v) is 5.00. The number of nitrogens with one attached hydrogen (secondary N) is 1. The number of piperazine rings is 1. The SMILES string of the molecule is Cc1cc(Cl)ccc1CC1CNCC(=O)N1C. The molecule has 1 atom stereocenters. The maximum Gasteiger partial charge on any atom is 0.236 e. The Balaban J connectivity index is 2.12. The first-order valence-electron chi connectivity index (χ1n) is 5.79. The monoisotopic (exact) mass is 252 g/mol. The van der Waals surface area contributed by atoms with Gasteiger partial charge in [-0.3, -0.25) is 4.79 Å². The second-order valence-electron chi connectivity index (χ2n) is 4.56. The highest BCUT2D eigenvalue weighted by atomic mass is 35.5. The summed E-state index contributed by atoms with van der Waals surface area (Å²) in [5.74, 6) is 0.160. The van der Waals surface area contributed by atoms with E-state index in [1.807, 2.05) is 30.1 Å². The van der Waals surface area contributed by atoms with Crippen molar-refractivity contribution >= 4 is 17.5 Å². The molecule has 1 saturated heterocycles. The zero-order valence-electron chi connectivity index (χ0n) is 10.2. The van der Waals surface area contributed by atoms with Crippen LogP contribution < -0.4 is 5.32 Å². The maximum atomic E-state index is 11.6. The smallest absolute Gasteiger partial charge is 0.236 e. The number of carbonyl (C=O) groups is 1. The van der Waals surface area contributed by atoms with Gasteiger partial charge in [-0.25, -0.2) is 0 Å². The molecule has 0 saturated carbocycles. The number of hydrogen-bond donors (Lipinski definition) is 1. The van der Waals surface area contributed by atoms with E-state index in [4.69, 9.17) is 11.6 Å². The maximum absolute atomic E-state index is 11.6. The van der Waals surface area contributed by atoms with Crippen LogP contribution in [0.1, 0.15) is 11.1 Å². The molecule has 1 unspecified atom stereocenters. The van der Waals surface area contributed by atoms with Crippen LogP contribution in [0.15, 0.2) is 18.2 Å². The number of nitrogens with zero attached hydrogens (tertiary/aromatic N) is 1. The van der Waals surface area contributed by atoms with Crippen molar-refractivity contribution in [3.05, 3.63) is 34.3 Å². The van der Waals surface area contributed by atoms with Crippen molar-refractivity contribution in [2.45, 2.75) is 19.4 Å². The third kappa shape index (κ3) is 2.79. The Morgan fingerprint density at radius 2 is 2.29 bits per heavy atom. The lowest BCUT2D eigenvalue weighted by Crippen LogP contribution is -2.53. The van der Waals surface area contributed by atoms with Crippen molar-refractivity contribution in [3.8, 4) is 0 Å². The van der Waals surface area contributed by atoms with Crippen LogP contribution in [0.4, 0.5) is 0 Å². The normalized spacial score (nSPS) is 20.8. The molecule has 0 aliphatic carbocycles. The lowest BCUT2D eigenvalue weighted by atomic mass is 9.99. The highest BCUT2D eigenvalue weighted by Gasteiger charge is 2.24. The Labute approximate surface area is 107 Å². The first kappa shape index (κ1) is 12.4. The van der Waals surface area contributed by atoms with Crippen molar-refractivity contribution in [1.82, 2.24) is 10.2 Å². The van der Waals surface area contributed by atoms with E-state index in [0.29, 0.717) is 6.54 Å². The number of halogens is 1. The molecule has 0 spiro atoms. The molecule has 1 fully saturated rings. The van der Waals surface area contributed by atoms with E-state index < -0.39 is 0 Å². The Bertz CT molecular complexity index is 433. The first-order valence-corrected chi connectivity index (χ1v) is 6.17. The predicted molar refractivity (Wildman–Crippen MR) is 69.3 cm³/mol. The molecule has 1 N–H and O–H groups in total. The van der Waals surface area contributed by atoms with Crippen molar-refractivity contribution < 1.29 is 4.79 Å². The molecule has 0 aromatic heterocycles. The Hall–Kier alpha value is -1.06. The summed E-state index contributed by atoms with van der Waals surface area (Å²) in [5.41, 5.74) is 2.44. The van der Waals surface area contributed by atoms with Gasteiger partial charge in [0.05, 0.1) is 6.54 Å². The number of hydrogen-bond acceptors (Lipinski definition) is 2. The Kier molecular flexibility index (Phi) is 3.69. The third-order valence-corrected chi connectivity index (χ3v) is 3.59. The molecule has 92 valence electrons. The number of benzene rings is 1. The summed E-state index contributed by atoms with van der Waals surface area (Å²) in [5, 5.41) is 3.91. The van der Waals surface area contributed by atoms with Gasteiger partial charge >= 0.3 is 0 Å². The zero-order chi connectivity index (χ0) is 12.4. The molecule has 1 heterocycles. The van der Waals surface area contributed by atoms with E-state index in [2.05, 4.69) is 12.2 Å². The fourth-order valence-electron chi connectivity index (χ4n) is 2.16. The fraction of sp³-hybridized carbons (Fsp3) is 0.462. The van der Waals surface area contributed by atoms with Crippen molar-refractivity contribution in [2.24, 2.45) is 0 Å². The molecule has 1 amide bonds. The van der Waals surface area contributed by atoms with E-state index in [0.717, 1.165) is 18.0 Å². The van der Waals surface area contributed by atoms with Crippen LogP contribution >= 0.6 is 11.6 Å². The number of aryl methyl sites for hydroxylation is 1. The largest absolute Gasteiger partial charge is 0.340 e. The summed E-state index contributed by atoms with van der Waals surface area (Å²) < 4.78 is 0. The minimum atomic E-state index is 0.160. The molecule has 3 nitrogen and oxygen atoms in total. The van der Waals surface area contributed by atoms with Gasteiger partial charge in [-0.2, -0.15) is 0 Å². The van der Waals surface area contributed by atoms with Crippen LogP contribution in [0.2, 0.25) is 5.02 Å². The summed E-state index contributed by atoms with van der Waals surface area (Å²) in [6.07, 6.45) is 0.873. The molecule has 17 heavy (non-hydrogen) atoms. The van der Waals surface area contributed by atoms with E-state index in [-0.39, 0.29) is 11.9 Å². The van der Waals surface area contributed by atoms with Crippen LogP contribution in [0.5, 0.6) is 0 Å². The molecular formula is C13H17ClN2O. The molecule has 1 aromatic rings. The third-order valence-electron chi connectivity index (χ3n) is 3.36. The summed E-state index contributed by atoms with van der Waals surface area (Å²) in [4.78, 5) is 13.4. The average Bonchev–Trinajstić information content (AvgIpc) is 2.28. The molecule has 1 aliphatic rings. The fourth-order valence-corrected chi connectivity index (χ4v) is 2.39. The molecule has 1 aliphatic heterocycles. The second kappa shape index (κ2) is 5.07. The quantitative estimate of drug-likeness (QED) is 0.868. The number of likely N-dealkylation sites (N-methyl/N-ethyl adjacent to an activating group) is 1. The van der Waals surface area contributed by atoms with Crippen molar-refractivity contribution in [3.63, 3.8) is 0 Å². The van der Waals surface area contributed by atoms with Crippen LogP contribution in [0.25, 0.3) is 0 Å². The Morgan fingerprint density at radius 1 is 1.53 bits per heavy atom. The minimum Gasteiger partial charge on any atom is -0.340 e. The van der Waals surface area contributed by atoms with Crippen LogP contribution in [0.3, 0.4) is 0 Å². The number of amides is 1. The van der Waals surface area contributed by atoms with E-state index in [1.54, 1.807) is 0 Å². The highest BCUT2D eigenvalue weighted by Crippen LogP contribution is 2.18. The average molecular weight is 253 g/mol. The molecule has 0 bridgehead atoms. The zero-order valence-corrected chi connectivity index (χ0v) is 10.9. The van der Waals surface area contributed by atoms with Gasteiger partial charge in [0.1, 0.15) is 0 Å². The molecule has 1 aromatic carbocycles. The number of carbonyl (C=O) groups excluding carboxylic acids is 1. The predicted octanol–water partition coefficient (Wildman–Crippen LogP) is 1.62. The standard InChI is InChI=1S/C13H17ClN2O/c1-9-5-11(14)4-3-10(9)6-12-7-15-8-13(17)16(12)2/h3-5,12,15H,6-8H2,1-2H3. The van der Waals surface area contributed by atoms with Gasteiger partial charge in [-0.15, -0.1) is 0 Å². The van der Waals surface area contributed by atoms with E-state index in [1.165, 1.54) is 11.1 Å². The first-order chi connectivity index (χ1) is 8.08. The molecule has 0 radical (unpaired) electrons. The van der Waals surface area contributed by atoms with Gasteiger partial charge in [-0.1, -0.05) is 17.7 Å². The van der Waals surface area contributed by atoms with Crippen molar-refractivity contribution in [2.75, 3.05) is 20.1 Å². The lowest BCUT2D eigenvalue weighted by Gasteiger charge is -2.33. The van der Waals surface area contributed by atoms with E-state index >= 15 is 0 Å². The van der Waals surface area contributed by atoms with Crippen LogP contribution in [-0.4, -0.2) is 37.0 Å². The van der Waals surface area contributed by atoms with Gasteiger partial charge in [0, 0.05) is 24.7 Å². The van der Waals surface area contributed by atoms with Gasteiger partial charge in [-0.05, 0) is 36.6 Å². The lowest BCUT2D eigenvalue weighted by molar-refractivity contribution is -0.133. The summed E-state index contributed by atoms with van der Waals surface area (Å²) >= 11 is 5.93. The van der Waals surface area contributed by atoms with Gasteiger partial charge in [0.2, 0.25) is 5.91 Å². The minimum absolute atomic E-state index is 0.160. The van der Waals surface area contributed by atoms with Crippen molar-refractivity contribution in [1.29, 1.82) is 0 Å². The molecule has 2 rings (SSSR count). The summed E-state index contributed by atoms with van der Waals surface area (Å²) in [7, 11) is 1.87. The molecular weight excluding hydrogens is 236 g/mol. The molecule has 4 heteroatoms. The summed E-state index contributed by atoms with van der Waals surface area (Å²) in [6.45, 7) is 3.36. The number of rotatable bonds is 2. The van der Waals surface area contributed by atoms with E-state index in [9.17, 15) is 4.79 Å². The van der Waals surface area contributed by atoms with Crippen LogP contribution in [-0.2, 0) is 11.2 Å². The van der Waals surface area contributed by atoms with Crippen LogP contribution in [0, 0.1) is 6.92 Å². The van der Waals surface area contributed by atoms with Gasteiger partial charge < -0.3 is 10.2 Å². The Morgan fingerprint density at radius 3 is 3.00 bits per heavy atom. The highest BCUT2D eigenvalue weighted by molar-refractivity contribution is 6.30. The van der Waals surface area contributed by atoms with Gasteiger partial charge in [0.15, 0.2) is 0 Å². The topological polar surface area (TPSA) is 32.3 Å².